The van der Waals surface area contributed by atoms with E-state index in [0.29, 0.717) is 18.3 Å². The second-order valence-electron chi connectivity index (χ2n) is 5.90. The first-order valence-corrected chi connectivity index (χ1v) is 7.56. The summed E-state index contributed by atoms with van der Waals surface area (Å²) in [6.07, 6.45) is 6.29. The average Bonchev–Trinajstić information content (AvgIpc) is 3.21. The number of rotatable bonds is 4. The highest BCUT2D eigenvalue weighted by molar-refractivity contribution is 5.49. The summed E-state index contributed by atoms with van der Waals surface area (Å²) in [4.78, 5) is 6.39. The molecule has 0 atom stereocenters. The number of aromatic nitrogens is 2. The molecule has 4 rings (SSSR count). The highest BCUT2D eigenvalue weighted by Crippen LogP contribution is 2.25. The molecule has 1 saturated carbocycles. The van der Waals surface area contributed by atoms with E-state index in [1.807, 2.05) is 24.5 Å². The third-order valence-corrected chi connectivity index (χ3v) is 4.27. The molecule has 2 heterocycles. The van der Waals surface area contributed by atoms with Crippen molar-refractivity contribution in [1.82, 2.24) is 14.9 Å². The van der Waals surface area contributed by atoms with Gasteiger partial charge in [-0.25, -0.2) is 9.37 Å². The summed E-state index contributed by atoms with van der Waals surface area (Å²) in [5.74, 6) is 0.866. The SMILES string of the molecule is Fc1cc(CNC2CC2)ccc1N1CCn2ccnc2C1. The minimum Gasteiger partial charge on any atom is -0.360 e. The van der Waals surface area contributed by atoms with Gasteiger partial charge in [-0.3, -0.25) is 0 Å². The predicted molar refractivity (Wildman–Crippen MR) is 79.5 cm³/mol. The van der Waals surface area contributed by atoms with Crippen molar-refractivity contribution >= 4 is 5.69 Å². The van der Waals surface area contributed by atoms with Crippen LogP contribution in [-0.2, 0) is 19.6 Å². The van der Waals surface area contributed by atoms with Gasteiger partial charge in [-0.1, -0.05) is 6.07 Å². The second kappa shape index (κ2) is 5.15. The molecule has 0 spiro atoms. The van der Waals surface area contributed by atoms with E-state index >= 15 is 0 Å². The summed E-state index contributed by atoms with van der Waals surface area (Å²) < 4.78 is 16.5. The Morgan fingerprint density at radius 2 is 2.19 bits per heavy atom. The van der Waals surface area contributed by atoms with E-state index in [1.54, 1.807) is 6.07 Å². The van der Waals surface area contributed by atoms with Crippen molar-refractivity contribution in [3.63, 3.8) is 0 Å². The Bertz CT molecular complexity index is 647. The predicted octanol–water partition coefficient (Wildman–Crippen LogP) is 2.29. The van der Waals surface area contributed by atoms with Crippen molar-refractivity contribution in [2.24, 2.45) is 0 Å². The Morgan fingerprint density at radius 1 is 1.29 bits per heavy atom. The van der Waals surface area contributed by atoms with Gasteiger partial charge in [-0.15, -0.1) is 0 Å². The molecule has 0 radical (unpaired) electrons. The summed E-state index contributed by atoms with van der Waals surface area (Å²) >= 11 is 0. The van der Waals surface area contributed by atoms with Crippen molar-refractivity contribution in [2.45, 2.75) is 38.5 Å². The lowest BCUT2D eigenvalue weighted by molar-refractivity contribution is 0.543. The van der Waals surface area contributed by atoms with Crippen molar-refractivity contribution in [2.75, 3.05) is 11.4 Å². The summed E-state index contributed by atoms with van der Waals surface area (Å²) in [6, 6.07) is 6.23. The zero-order valence-electron chi connectivity index (χ0n) is 11.9. The molecule has 0 bridgehead atoms. The van der Waals surface area contributed by atoms with Crippen LogP contribution in [-0.4, -0.2) is 22.1 Å². The van der Waals surface area contributed by atoms with Crippen LogP contribution < -0.4 is 10.2 Å². The fraction of sp³-hybridized carbons (Fsp3) is 0.438. The summed E-state index contributed by atoms with van der Waals surface area (Å²) in [5.41, 5.74) is 1.70. The maximum Gasteiger partial charge on any atom is 0.146 e. The van der Waals surface area contributed by atoms with Gasteiger partial charge in [0.2, 0.25) is 0 Å². The van der Waals surface area contributed by atoms with Crippen LogP contribution in [0.2, 0.25) is 0 Å². The first-order valence-electron chi connectivity index (χ1n) is 7.56. The number of nitrogens with one attached hydrogen (secondary N) is 1. The van der Waals surface area contributed by atoms with E-state index in [-0.39, 0.29) is 5.82 Å². The lowest BCUT2D eigenvalue weighted by atomic mass is 10.1. The monoisotopic (exact) mass is 286 g/mol. The second-order valence-corrected chi connectivity index (χ2v) is 5.90. The Hall–Kier alpha value is -1.88. The van der Waals surface area contributed by atoms with Crippen LogP contribution in [0, 0.1) is 5.82 Å². The van der Waals surface area contributed by atoms with Gasteiger partial charge in [-0.2, -0.15) is 0 Å². The number of halogens is 1. The molecular weight excluding hydrogens is 267 g/mol. The molecular formula is C16H19FN4. The zero-order valence-corrected chi connectivity index (χ0v) is 11.9. The Kier molecular flexibility index (Phi) is 3.15. The molecule has 110 valence electrons. The van der Waals surface area contributed by atoms with E-state index in [0.717, 1.165) is 31.0 Å². The van der Waals surface area contributed by atoms with E-state index in [4.69, 9.17) is 0 Å². The number of hydrogen-bond donors (Lipinski definition) is 1. The molecule has 1 fully saturated rings. The normalized spacial score (nSPS) is 17.9. The Labute approximate surface area is 123 Å². The molecule has 2 aliphatic rings. The molecule has 1 aliphatic carbocycles. The number of nitrogens with zero attached hydrogens (tertiary/aromatic N) is 3. The molecule has 0 unspecified atom stereocenters. The lowest BCUT2D eigenvalue weighted by Crippen LogP contribution is -2.34. The highest BCUT2D eigenvalue weighted by atomic mass is 19.1. The summed E-state index contributed by atoms with van der Waals surface area (Å²) in [7, 11) is 0. The van der Waals surface area contributed by atoms with E-state index in [9.17, 15) is 4.39 Å². The molecule has 1 aliphatic heterocycles. The van der Waals surface area contributed by atoms with Crippen LogP contribution in [0.3, 0.4) is 0 Å². The van der Waals surface area contributed by atoms with E-state index < -0.39 is 0 Å². The maximum atomic E-state index is 14.4. The first kappa shape index (κ1) is 12.8. The van der Waals surface area contributed by atoms with Crippen LogP contribution in [0.1, 0.15) is 24.2 Å². The Morgan fingerprint density at radius 3 is 3.00 bits per heavy atom. The smallest absolute Gasteiger partial charge is 0.146 e. The molecule has 21 heavy (non-hydrogen) atoms. The van der Waals surface area contributed by atoms with Gasteiger partial charge in [0.25, 0.3) is 0 Å². The summed E-state index contributed by atoms with van der Waals surface area (Å²) in [5, 5.41) is 3.42. The topological polar surface area (TPSA) is 33.1 Å². The third-order valence-electron chi connectivity index (χ3n) is 4.27. The van der Waals surface area contributed by atoms with Gasteiger partial charge >= 0.3 is 0 Å². The van der Waals surface area contributed by atoms with Crippen molar-refractivity contribution in [3.8, 4) is 0 Å². The van der Waals surface area contributed by atoms with Crippen LogP contribution in [0.25, 0.3) is 0 Å². The number of benzene rings is 1. The number of hydrogen-bond acceptors (Lipinski definition) is 3. The van der Waals surface area contributed by atoms with Crippen molar-refractivity contribution in [3.05, 3.63) is 47.8 Å². The first-order chi connectivity index (χ1) is 10.3. The Balaban J connectivity index is 1.49. The third kappa shape index (κ3) is 2.65. The number of anilines is 1. The van der Waals surface area contributed by atoms with Gasteiger partial charge in [0, 0.05) is 38.1 Å². The maximum absolute atomic E-state index is 14.4. The van der Waals surface area contributed by atoms with Gasteiger partial charge in [0.1, 0.15) is 11.6 Å². The lowest BCUT2D eigenvalue weighted by Gasteiger charge is -2.30. The van der Waals surface area contributed by atoms with Crippen LogP contribution in [0.15, 0.2) is 30.6 Å². The van der Waals surface area contributed by atoms with Gasteiger partial charge in [0.15, 0.2) is 0 Å². The molecule has 0 saturated heterocycles. The molecule has 1 aromatic carbocycles. The minimum absolute atomic E-state index is 0.134. The zero-order chi connectivity index (χ0) is 14.2. The van der Waals surface area contributed by atoms with Crippen LogP contribution in [0.5, 0.6) is 0 Å². The molecule has 5 heteroatoms. The largest absolute Gasteiger partial charge is 0.360 e. The fourth-order valence-electron chi connectivity index (χ4n) is 2.85. The van der Waals surface area contributed by atoms with Gasteiger partial charge in [-0.05, 0) is 30.5 Å². The molecule has 0 amide bonds. The van der Waals surface area contributed by atoms with Crippen molar-refractivity contribution in [1.29, 1.82) is 0 Å². The van der Waals surface area contributed by atoms with E-state index in [2.05, 4.69) is 19.8 Å². The quantitative estimate of drug-likeness (QED) is 0.936. The van der Waals surface area contributed by atoms with E-state index in [1.165, 1.54) is 12.8 Å². The van der Waals surface area contributed by atoms with Crippen LogP contribution >= 0.6 is 0 Å². The minimum atomic E-state index is -0.134. The molecule has 1 aromatic heterocycles. The standard InChI is InChI=1S/C16H19FN4/c17-14-9-12(10-19-13-2-3-13)1-4-15(14)21-8-7-20-6-5-18-16(20)11-21/h1,4-6,9,13,19H,2-3,7-8,10-11H2. The van der Waals surface area contributed by atoms with Gasteiger partial charge in [0.05, 0.1) is 12.2 Å². The molecule has 4 nitrogen and oxygen atoms in total. The molecule has 1 N–H and O–H groups in total. The number of fused-ring (bicyclic) bond motifs is 1. The molecule has 2 aromatic rings. The van der Waals surface area contributed by atoms with Crippen molar-refractivity contribution < 1.29 is 4.39 Å². The summed E-state index contributed by atoms with van der Waals surface area (Å²) in [6.45, 7) is 3.11. The average molecular weight is 286 g/mol. The highest BCUT2D eigenvalue weighted by Gasteiger charge is 2.21. The fourth-order valence-corrected chi connectivity index (χ4v) is 2.85. The van der Waals surface area contributed by atoms with Gasteiger partial charge < -0.3 is 14.8 Å². The van der Waals surface area contributed by atoms with Crippen LogP contribution in [0.4, 0.5) is 10.1 Å². The number of imidazole rings is 1.